The molecule has 0 amide bonds. The van der Waals surface area contributed by atoms with Crippen LogP contribution in [0.2, 0.25) is 5.02 Å². The molecule has 1 aromatic carbocycles. The van der Waals surface area contributed by atoms with E-state index in [-0.39, 0.29) is 0 Å². The molecule has 82 valence electrons. The highest BCUT2D eigenvalue weighted by atomic mass is 35.5. The zero-order chi connectivity index (χ0) is 10.9. The molecular weight excluding hydrogens is 206 g/mol. The number of rotatable bonds is 3. The van der Waals surface area contributed by atoms with Gasteiger partial charge in [-0.2, -0.15) is 0 Å². The highest BCUT2D eigenvalue weighted by Gasteiger charge is 2.44. The van der Waals surface area contributed by atoms with Gasteiger partial charge in [0.2, 0.25) is 0 Å². The minimum atomic E-state index is 0.347. The first-order valence-electron chi connectivity index (χ1n) is 5.60. The Morgan fingerprint density at radius 1 is 1.40 bits per heavy atom. The van der Waals surface area contributed by atoms with Gasteiger partial charge in [-0.15, -0.1) is 0 Å². The van der Waals surface area contributed by atoms with Gasteiger partial charge in [-0.1, -0.05) is 30.7 Å². The average molecular weight is 224 g/mol. The van der Waals surface area contributed by atoms with E-state index in [2.05, 4.69) is 24.4 Å². The van der Waals surface area contributed by atoms with Gasteiger partial charge >= 0.3 is 0 Å². The Hall–Kier alpha value is -0.530. The summed E-state index contributed by atoms with van der Waals surface area (Å²) in [6, 6.07) is 8.35. The van der Waals surface area contributed by atoms with Gasteiger partial charge in [0.1, 0.15) is 0 Å². The predicted octanol–water partition coefficient (Wildman–Crippen LogP) is 3.23. The van der Waals surface area contributed by atoms with Crippen LogP contribution in [0.3, 0.4) is 0 Å². The van der Waals surface area contributed by atoms with Crippen LogP contribution in [0.5, 0.6) is 0 Å². The van der Waals surface area contributed by atoms with Crippen LogP contribution in [0.1, 0.15) is 25.3 Å². The molecular formula is C13H18ClN. The number of halogens is 1. The first-order chi connectivity index (χ1) is 7.19. The lowest BCUT2D eigenvalue weighted by molar-refractivity contribution is 0.137. The number of hydrogen-bond acceptors (Lipinski definition) is 1. The predicted molar refractivity (Wildman–Crippen MR) is 65.5 cm³/mol. The van der Waals surface area contributed by atoms with Crippen LogP contribution in [-0.4, -0.2) is 13.6 Å². The molecule has 2 atom stereocenters. The summed E-state index contributed by atoms with van der Waals surface area (Å²) >= 11 is 5.92. The van der Waals surface area contributed by atoms with Crippen LogP contribution < -0.4 is 5.32 Å². The lowest BCUT2D eigenvalue weighted by Crippen LogP contribution is -2.49. The summed E-state index contributed by atoms with van der Waals surface area (Å²) in [5, 5.41) is 4.15. The van der Waals surface area contributed by atoms with E-state index in [1.54, 1.807) is 0 Å². The summed E-state index contributed by atoms with van der Waals surface area (Å²) < 4.78 is 0. The van der Waals surface area contributed by atoms with Gasteiger partial charge < -0.3 is 5.32 Å². The monoisotopic (exact) mass is 223 g/mol. The Bertz CT molecular complexity index is 333. The molecule has 0 aliphatic heterocycles. The first-order valence-corrected chi connectivity index (χ1v) is 5.97. The highest BCUT2D eigenvalue weighted by molar-refractivity contribution is 6.30. The molecule has 2 unspecified atom stereocenters. The highest BCUT2D eigenvalue weighted by Crippen LogP contribution is 2.48. The van der Waals surface area contributed by atoms with Gasteiger partial charge in [0, 0.05) is 17.0 Å². The molecule has 1 N–H and O–H groups in total. The van der Waals surface area contributed by atoms with E-state index < -0.39 is 0 Å². The maximum atomic E-state index is 5.92. The third-order valence-electron chi connectivity index (χ3n) is 3.88. The SMILES string of the molecule is CNCC1(c2ccc(Cl)cc2)CCC1C. The molecule has 1 aliphatic rings. The topological polar surface area (TPSA) is 12.0 Å². The Labute approximate surface area is 96.8 Å². The number of likely N-dealkylation sites (N-methyl/N-ethyl adjacent to an activating group) is 1. The average Bonchev–Trinajstić information content (AvgIpc) is 2.25. The van der Waals surface area contributed by atoms with Crippen molar-refractivity contribution < 1.29 is 0 Å². The maximum Gasteiger partial charge on any atom is 0.0406 e. The van der Waals surface area contributed by atoms with E-state index in [4.69, 9.17) is 11.6 Å². The molecule has 0 saturated heterocycles. The molecule has 2 heteroatoms. The second-order valence-corrected chi connectivity index (χ2v) is 5.07. The van der Waals surface area contributed by atoms with Crippen molar-refractivity contribution in [1.82, 2.24) is 5.32 Å². The lowest BCUT2D eigenvalue weighted by Gasteiger charge is -2.49. The summed E-state index contributed by atoms with van der Waals surface area (Å²) in [6.45, 7) is 3.41. The molecule has 1 aliphatic carbocycles. The minimum Gasteiger partial charge on any atom is -0.319 e. The van der Waals surface area contributed by atoms with Crippen molar-refractivity contribution in [2.75, 3.05) is 13.6 Å². The molecule has 0 radical (unpaired) electrons. The quantitative estimate of drug-likeness (QED) is 0.830. The Kier molecular flexibility index (Phi) is 3.03. The smallest absolute Gasteiger partial charge is 0.0406 e. The fourth-order valence-corrected chi connectivity index (χ4v) is 2.80. The van der Waals surface area contributed by atoms with Crippen molar-refractivity contribution in [3.05, 3.63) is 34.9 Å². The molecule has 2 rings (SSSR count). The molecule has 1 nitrogen and oxygen atoms in total. The van der Waals surface area contributed by atoms with Crippen molar-refractivity contribution in [2.45, 2.75) is 25.2 Å². The van der Waals surface area contributed by atoms with Crippen LogP contribution in [0, 0.1) is 5.92 Å². The van der Waals surface area contributed by atoms with Crippen molar-refractivity contribution >= 4 is 11.6 Å². The van der Waals surface area contributed by atoms with E-state index in [1.165, 1.54) is 18.4 Å². The van der Waals surface area contributed by atoms with Crippen LogP contribution in [0.15, 0.2) is 24.3 Å². The zero-order valence-corrected chi connectivity index (χ0v) is 10.1. The largest absolute Gasteiger partial charge is 0.319 e. The van der Waals surface area contributed by atoms with E-state index in [0.717, 1.165) is 17.5 Å². The molecule has 1 saturated carbocycles. The molecule has 1 fully saturated rings. The summed E-state index contributed by atoms with van der Waals surface area (Å²) in [4.78, 5) is 0. The molecule has 0 spiro atoms. The van der Waals surface area contributed by atoms with Crippen LogP contribution >= 0.6 is 11.6 Å². The van der Waals surface area contributed by atoms with E-state index in [9.17, 15) is 0 Å². The first kappa shape index (κ1) is 11.0. The van der Waals surface area contributed by atoms with Crippen molar-refractivity contribution in [3.63, 3.8) is 0 Å². The van der Waals surface area contributed by atoms with Gasteiger partial charge in [-0.3, -0.25) is 0 Å². The van der Waals surface area contributed by atoms with Crippen LogP contribution in [0.4, 0.5) is 0 Å². The summed E-state index contributed by atoms with van der Waals surface area (Å²) in [6.07, 6.45) is 2.63. The molecule has 0 bridgehead atoms. The molecule has 0 aromatic heterocycles. The second kappa shape index (κ2) is 4.15. The van der Waals surface area contributed by atoms with E-state index >= 15 is 0 Å². The summed E-state index contributed by atoms with van der Waals surface area (Å²) in [5.74, 6) is 0.770. The molecule has 0 heterocycles. The Morgan fingerprint density at radius 2 is 2.07 bits per heavy atom. The van der Waals surface area contributed by atoms with E-state index in [1.807, 2.05) is 19.2 Å². The van der Waals surface area contributed by atoms with Gasteiger partial charge in [-0.25, -0.2) is 0 Å². The summed E-state index contributed by atoms with van der Waals surface area (Å²) in [7, 11) is 2.03. The number of nitrogens with one attached hydrogen (secondary N) is 1. The molecule has 15 heavy (non-hydrogen) atoms. The lowest BCUT2D eigenvalue weighted by atomic mass is 9.57. The second-order valence-electron chi connectivity index (χ2n) is 4.63. The van der Waals surface area contributed by atoms with Gasteiger partial charge in [0.25, 0.3) is 0 Å². The van der Waals surface area contributed by atoms with Crippen molar-refractivity contribution in [1.29, 1.82) is 0 Å². The third-order valence-corrected chi connectivity index (χ3v) is 4.13. The standard InChI is InChI=1S/C13H18ClN/c1-10-7-8-13(10,9-15-2)11-3-5-12(14)6-4-11/h3-6,10,15H,7-9H2,1-2H3. The van der Waals surface area contributed by atoms with Crippen molar-refractivity contribution in [3.8, 4) is 0 Å². The Balaban J connectivity index is 2.29. The molecule has 1 aromatic rings. The number of hydrogen-bond donors (Lipinski definition) is 1. The van der Waals surface area contributed by atoms with Gasteiger partial charge in [0.15, 0.2) is 0 Å². The fourth-order valence-electron chi connectivity index (χ4n) is 2.67. The maximum absolute atomic E-state index is 5.92. The minimum absolute atomic E-state index is 0.347. The van der Waals surface area contributed by atoms with Crippen molar-refractivity contribution in [2.24, 2.45) is 5.92 Å². The van der Waals surface area contributed by atoms with Gasteiger partial charge in [-0.05, 0) is 43.5 Å². The third kappa shape index (κ3) is 1.79. The zero-order valence-electron chi connectivity index (χ0n) is 9.39. The van der Waals surface area contributed by atoms with Crippen LogP contribution in [-0.2, 0) is 5.41 Å². The number of benzene rings is 1. The fraction of sp³-hybridized carbons (Fsp3) is 0.538. The Morgan fingerprint density at radius 3 is 2.47 bits per heavy atom. The normalized spacial score (nSPS) is 29.9. The van der Waals surface area contributed by atoms with Gasteiger partial charge in [0.05, 0.1) is 0 Å². The summed E-state index contributed by atoms with van der Waals surface area (Å²) in [5.41, 5.74) is 1.78. The van der Waals surface area contributed by atoms with Crippen LogP contribution in [0.25, 0.3) is 0 Å². The van der Waals surface area contributed by atoms with E-state index in [0.29, 0.717) is 5.41 Å².